The number of rotatable bonds is 2. The van der Waals surface area contributed by atoms with Gasteiger partial charge in [-0.05, 0) is 30.3 Å². The summed E-state index contributed by atoms with van der Waals surface area (Å²) in [5.74, 6) is 0. The highest BCUT2D eigenvalue weighted by molar-refractivity contribution is 7.99. The van der Waals surface area contributed by atoms with Crippen molar-refractivity contribution < 1.29 is 0 Å². The van der Waals surface area contributed by atoms with E-state index in [-0.39, 0.29) is 0 Å². The van der Waals surface area contributed by atoms with Crippen molar-refractivity contribution in [2.75, 3.05) is 5.73 Å². The largest absolute Gasteiger partial charge is 0.397 e. The Labute approximate surface area is 108 Å². The molecule has 1 heterocycles. The summed E-state index contributed by atoms with van der Waals surface area (Å²) in [4.78, 5) is 5.15. The normalized spacial score (nSPS) is 10.4. The lowest BCUT2D eigenvalue weighted by Gasteiger charge is -2.04. The Morgan fingerprint density at radius 3 is 2.62 bits per heavy atom. The van der Waals surface area contributed by atoms with Crippen molar-refractivity contribution in [2.45, 2.75) is 9.92 Å². The van der Waals surface area contributed by atoms with Crippen LogP contribution in [0.5, 0.6) is 0 Å². The van der Waals surface area contributed by atoms with Crippen LogP contribution in [0, 0.1) is 0 Å². The third-order valence-corrected chi connectivity index (χ3v) is 3.67. The van der Waals surface area contributed by atoms with Crippen molar-refractivity contribution in [1.29, 1.82) is 0 Å². The number of aromatic nitrogens is 1. The molecule has 0 aliphatic heterocycles. The zero-order valence-electron chi connectivity index (χ0n) is 8.15. The van der Waals surface area contributed by atoms with Crippen LogP contribution in [0.1, 0.15) is 0 Å². The van der Waals surface area contributed by atoms with Crippen LogP contribution in [-0.2, 0) is 0 Å². The molecule has 2 aromatic rings. The molecule has 16 heavy (non-hydrogen) atoms. The second kappa shape index (κ2) is 4.95. The summed E-state index contributed by atoms with van der Waals surface area (Å²) in [5, 5.41) is 1.84. The van der Waals surface area contributed by atoms with Crippen LogP contribution in [0.3, 0.4) is 0 Å². The molecule has 0 aliphatic rings. The Kier molecular flexibility index (Phi) is 3.59. The van der Waals surface area contributed by atoms with Crippen LogP contribution in [0.2, 0.25) is 10.0 Å². The maximum atomic E-state index is 5.92. The second-order valence-electron chi connectivity index (χ2n) is 3.08. The van der Waals surface area contributed by atoms with Gasteiger partial charge in [0.05, 0.1) is 15.7 Å². The number of nitrogens with two attached hydrogens (primary N) is 1. The number of hydrogen-bond donors (Lipinski definition) is 1. The zero-order chi connectivity index (χ0) is 11.5. The highest BCUT2D eigenvalue weighted by Gasteiger charge is 2.04. The summed E-state index contributed by atoms with van der Waals surface area (Å²) in [6.45, 7) is 0. The molecule has 0 aliphatic carbocycles. The molecule has 0 saturated carbocycles. The van der Waals surface area contributed by atoms with Gasteiger partial charge in [-0.15, -0.1) is 0 Å². The summed E-state index contributed by atoms with van der Waals surface area (Å²) in [6.07, 6.45) is 1.70. The molecular weight excluding hydrogens is 263 g/mol. The molecule has 0 unspecified atom stereocenters. The quantitative estimate of drug-likeness (QED) is 0.892. The molecule has 2 nitrogen and oxygen atoms in total. The van der Waals surface area contributed by atoms with Crippen LogP contribution in [0.15, 0.2) is 46.5 Å². The number of nitrogens with zero attached hydrogens (tertiary/aromatic N) is 1. The van der Waals surface area contributed by atoms with E-state index in [0.29, 0.717) is 15.7 Å². The predicted octanol–water partition coefficient (Wildman–Crippen LogP) is 4.12. The Balaban J connectivity index is 2.28. The van der Waals surface area contributed by atoms with Crippen LogP contribution >= 0.6 is 35.0 Å². The third-order valence-electron chi connectivity index (χ3n) is 1.91. The molecule has 0 atom stereocenters. The first kappa shape index (κ1) is 11.6. The topological polar surface area (TPSA) is 38.9 Å². The molecule has 82 valence electrons. The molecule has 0 radical (unpaired) electrons. The molecule has 2 N–H and O–H groups in total. The summed E-state index contributed by atoms with van der Waals surface area (Å²) >= 11 is 13.2. The fraction of sp³-hybridized carbons (Fsp3) is 0. The molecule has 1 aromatic carbocycles. The van der Waals surface area contributed by atoms with Gasteiger partial charge in [-0.25, -0.2) is 4.98 Å². The van der Waals surface area contributed by atoms with Gasteiger partial charge < -0.3 is 5.73 Å². The van der Waals surface area contributed by atoms with Crippen molar-refractivity contribution in [3.63, 3.8) is 0 Å². The molecule has 0 saturated heterocycles. The van der Waals surface area contributed by atoms with E-state index in [1.54, 1.807) is 24.4 Å². The molecule has 0 amide bonds. The maximum absolute atomic E-state index is 5.92. The molecule has 0 bridgehead atoms. The summed E-state index contributed by atoms with van der Waals surface area (Å²) in [7, 11) is 0. The number of halogens is 2. The van der Waals surface area contributed by atoms with Crippen molar-refractivity contribution >= 4 is 40.7 Å². The van der Waals surface area contributed by atoms with Gasteiger partial charge in [0.2, 0.25) is 0 Å². The zero-order valence-corrected chi connectivity index (χ0v) is 10.5. The fourth-order valence-corrected chi connectivity index (χ4v) is 2.34. The highest BCUT2D eigenvalue weighted by Crippen LogP contribution is 2.33. The van der Waals surface area contributed by atoms with Gasteiger partial charge in [-0.3, -0.25) is 0 Å². The van der Waals surface area contributed by atoms with E-state index in [4.69, 9.17) is 28.9 Å². The molecule has 0 fully saturated rings. The van der Waals surface area contributed by atoms with E-state index in [1.165, 1.54) is 11.8 Å². The van der Waals surface area contributed by atoms with E-state index in [0.717, 1.165) is 9.92 Å². The molecule has 2 rings (SSSR count). The number of benzene rings is 1. The Morgan fingerprint density at radius 1 is 1.12 bits per heavy atom. The van der Waals surface area contributed by atoms with Crippen LogP contribution < -0.4 is 5.73 Å². The molecule has 0 spiro atoms. The average molecular weight is 271 g/mol. The van der Waals surface area contributed by atoms with Crippen LogP contribution in [-0.4, -0.2) is 4.98 Å². The van der Waals surface area contributed by atoms with Crippen molar-refractivity contribution in [3.8, 4) is 0 Å². The van der Waals surface area contributed by atoms with E-state index in [2.05, 4.69) is 4.98 Å². The lowest BCUT2D eigenvalue weighted by molar-refractivity contribution is 1.14. The monoisotopic (exact) mass is 270 g/mol. The van der Waals surface area contributed by atoms with Crippen molar-refractivity contribution in [3.05, 3.63) is 46.6 Å². The van der Waals surface area contributed by atoms with Crippen LogP contribution in [0.4, 0.5) is 5.69 Å². The minimum absolute atomic E-state index is 0.529. The number of hydrogen-bond acceptors (Lipinski definition) is 3. The van der Waals surface area contributed by atoms with Gasteiger partial charge in [-0.2, -0.15) is 0 Å². The summed E-state index contributed by atoms with van der Waals surface area (Å²) in [5.41, 5.74) is 6.45. The number of nitrogen functional groups attached to an aromatic ring is 1. The predicted molar refractivity (Wildman–Crippen MR) is 69.2 cm³/mol. The SMILES string of the molecule is Nc1cccnc1Sc1ccc(Cl)c(Cl)c1. The lowest BCUT2D eigenvalue weighted by atomic mass is 10.4. The second-order valence-corrected chi connectivity index (χ2v) is 4.95. The summed E-state index contributed by atoms with van der Waals surface area (Å²) < 4.78 is 0. The first-order valence-electron chi connectivity index (χ1n) is 4.50. The minimum Gasteiger partial charge on any atom is -0.397 e. The van der Waals surface area contributed by atoms with E-state index in [1.807, 2.05) is 12.1 Å². The van der Waals surface area contributed by atoms with E-state index in [9.17, 15) is 0 Å². The standard InChI is InChI=1S/C11H8Cl2N2S/c12-8-4-3-7(6-9(8)13)16-11-10(14)2-1-5-15-11/h1-6H,14H2. The Morgan fingerprint density at radius 2 is 1.94 bits per heavy atom. The Bertz CT molecular complexity index is 517. The number of anilines is 1. The molecule has 1 aromatic heterocycles. The molecular formula is C11H8Cl2N2S. The van der Waals surface area contributed by atoms with E-state index >= 15 is 0 Å². The van der Waals surface area contributed by atoms with Gasteiger partial charge in [-0.1, -0.05) is 35.0 Å². The number of pyridine rings is 1. The van der Waals surface area contributed by atoms with Crippen molar-refractivity contribution in [2.24, 2.45) is 0 Å². The first-order valence-corrected chi connectivity index (χ1v) is 6.07. The Hall–Kier alpha value is -0.900. The third kappa shape index (κ3) is 2.61. The maximum Gasteiger partial charge on any atom is 0.124 e. The van der Waals surface area contributed by atoms with Gasteiger partial charge in [0, 0.05) is 11.1 Å². The van der Waals surface area contributed by atoms with E-state index < -0.39 is 0 Å². The fourth-order valence-electron chi connectivity index (χ4n) is 1.14. The smallest absolute Gasteiger partial charge is 0.124 e. The van der Waals surface area contributed by atoms with Crippen molar-refractivity contribution in [1.82, 2.24) is 4.98 Å². The minimum atomic E-state index is 0.529. The lowest BCUT2D eigenvalue weighted by Crippen LogP contribution is -1.90. The molecule has 5 heteroatoms. The van der Waals surface area contributed by atoms with Gasteiger partial charge in [0.1, 0.15) is 5.03 Å². The van der Waals surface area contributed by atoms with Gasteiger partial charge >= 0.3 is 0 Å². The van der Waals surface area contributed by atoms with Gasteiger partial charge in [0.15, 0.2) is 0 Å². The van der Waals surface area contributed by atoms with Gasteiger partial charge in [0.25, 0.3) is 0 Å². The van der Waals surface area contributed by atoms with Crippen LogP contribution in [0.25, 0.3) is 0 Å². The average Bonchev–Trinajstić information content (AvgIpc) is 2.27. The highest BCUT2D eigenvalue weighted by atomic mass is 35.5. The summed E-state index contributed by atoms with van der Waals surface area (Å²) in [6, 6.07) is 9.04. The first-order chi connectivity index (χ1) is 7.66.